The Morgan fingerprint density at radius 1 is 0.923 bits per heavy atom. The van der Waals surface area contributed by atoms with Gasteiger partial charge >= 0.3 is 0 Å². The van der Waals surface area contributed by atoms with Crippen LogP contribution in [-0.4, -0.2) is 25.5 Å². The molecule has 0 bridgehead atoms. The molecule has 26 heavy (non-hydrogen) atoms. The van der Waals surface area contributed by atoms with E-state index in [2.05, 4.69) is 0 Å². The van der Waals surface area contributed by atoms with Gasteiger partial charge in [-0.2, -0.15) is 0 Å². The van der Waals surface area contributed by atoms with Gasteiger partial charge in [-0.3, -0.25) is 14.5 Å². The van der Waals surface area contributed by atoms with E-state index in [1.54, 1.807) is 31.4 Å². The minimum atomic E-state index is -0.359. The lowest BCUT2D eigenvalue weighted by Crippen LogP contribution is -2.31. The summed E-state index contributed by atoms with van der Waals surface area (Å²) in [4.78, 5) is 26.9. The smallest absolute Gasteiger partial charge is 0.238 e. The number of ether oxygens (including phenoxy) is 2. The summed E-state index contributed by atoms with van der Waals surface area (Å²) in [7, 11) is 1.62. The van der Waals surface area contributed by atoms with Gasteiger partial charge in [0.05, 0.1) is 25.3 Å². The van der Waals surface area contributed by atoms with E-state index in [1.165, 1.54) is 4.90 Å². The molecule has 0 spiro atoms. The largest absolute Gasteiger partial charge is 0.497 e. The summed E-state index contributed by atoms with van der Waals surface area (Å²) in [5.41, 5.74) is 1.60. The Balaban J connectivity index is 1.79. The number of benzene rings is 2. The molecule has 0 aliphatic carbocycles. The maximum Gasteiger partial charge on any atom is 0.238 e. The first-order valence-corrected chi connectivity index (χ1v) is 8.78. The van der Waals surface area contributed by atoms with Crippen LogP contribution in [0.3, 0.4) is 0 Å². The van der Waals surface area contributed by atoms with Crippen molar-refractivity contribution in [3.8, 4) is 11.5 Å². The lowest BCUT2D eigenvalue weighted by atomic mass is 9.90. The van der Waals surface area contributed by atoms with Crippen LogP contribution >= 0.6 is 0 Å². The lowest BCUT2D eigenvalue weighted by molar-refractivity contribution is -0.122. The van der Waals surface area contributed by atoms with Gasteiger partial charge in [0.1, 0.15) is 11.5 Å². The van der Waals surface area contributed by atoms with E-state index in [1.807, 2.05) is 38.1 Å². The highest BCUT2D eigenvalue weighted by Gasteiger charge is 2.45. The molecule has 2 aromatic carbocycles. The molecule has 0 N–H and O–H groups in total. The zero-order chi connectivity index (χ0) is 18.7. The molecule has 5 heteroatoms. The standard InChI is InChI=1S/C21H23NO4/c1-4-26-18-11-7-16(8-12-18)22-20(23)14(2)19(21(22)24)13-15-5-9-17(25-3)10-6-15/h5-12,14,19H,4,13H2,1-3H3. The van der Waals surface area contributed by atoms with Crippen molar-refractivity contribution in [1.82, 2.24) is 0 Å². The maximum absolute atomic E-state index is 12.9. The minimum absolute atomic E-state index is 0.150. The van der Waals surface area contributed by atoms with Crippen LogP contribution in [0.4, 0.5) is 5.69 Å². The van der Waals surface area contributed by atoms with E-state index >= 15 is 0 Å². The summed E-state index contributed by atoms with van der Waals surface area (Å²) in [5.74, 6) is 0.476. The van der Waals surface area contributed by atoms with Gasteiger partial charge in [0.15, 0.2) is 0 Å². The van der Waals surface area contributed by atoms with E-state index in [0.717, 1.165) is 17.1 Å². The number of nitrogens with zero attached hydrogens (tertiary/aromatic N) is 1. The van der Waals surface area contributed by atoms with Crippen LogP contribution in [0.25, 0.3) is 0 Å². The topological polar surface area (TPSA) is 55.8 Å². The first-order valence-electron chi connectivity index (χ1n) is 8.78. The first kappa shape index (κ1) is 18.0. The predicted molar refractivity (Wildman–Crippen MR) is 99.5 cm³/mol. The molecule has 0 aromatic heterocycles. The Bertz CT molecular complexity index is 783. The molecule has 1 aliphatic heterocycles. The molecule has 1 heterocycles. The Labute approximate surface area is 153 Å². The first-order chi connectivity index (χ1) is 12.5. The van der Waals surface area contributed by atoms with Crippen LogP contribution in [0, 0.1) is 11.8 Å². The van der Waals surface area contributed by atoms with Crippen molar-refractivity contribution in [3.05, 3.63) is 54.1 Å². The average molecular weight is 353 g/mol. The molecule has 2 aromatic rings. The van der Waals surface area contributed by atoms with E-state index < -0.39 is 0 Å². The van der Waals surface area contributed by atoms with E-state index in [0.29, 0.717) is 18.7 Å². The zero-order valence-electron chi connectivity index (χ0n) is 15.3. The van der Waals surface area contributed by atoms with Gasteiger partial charge in [-0.1, -0.05) is 19.1 Å². The van der Waals surface area contributed by atoms with Crippen LogP contribution in [-0.2, 0) is 16.0 Å². The number of rotatable bonds is 6. The SMILES string of the molecule is CCOc1ccc(N2C(=O)C(C)C(Cc3ccc(OC)cc3)C2=O)cc1. The van der Waals surface area contributed by atoms with Gasteiger partial charge < -0.3 is 9.47 Å². The van der Waals surface area contributed by atoms with Crippen molar-refractivity contribution < 1.29 is 19.1 Å². The van der Waals surface area contributed by atoms with E-state index in [9.17, 15) is 9.59 Å². The summed E-state index contributed by atoms with van der Waals surface area (Å²) in [6.07, 6.45) is 0.531. The summed E-state index contributed by atoms with van der Waals surface area (Å²) >= 11 is 0. The summed E-state index contributed by atoms with van der Waals surface area (Å²) < 4.78 is 10.6. The number of hydrogen-bond donors (Lipinski definition) is 0. The molecule has 1 aliphatic rings. The Kier molecular flexibility index (Phi) is 5.26. The quantitative estimate of drug-likeness (QED) is 0.746. The molecule has 0 saturated carbocycles. The number of imide groups is 1. The highest BCUT2D eigenvalue weighted by molar-refractivity contribution is 6.22. The van der Waals surface area contributed by atoms with E-state index in [-0.39, 0.29) is 23.7 Å². The number of carbonyl (C=O) groups is 2. The fourth-order valence-electron chi connectivity index (χ4n) is 3.26. The Morgan fingerprint density at radius 2 is 1.54 bits per heavy atom. The van der Waals surface area contributed by atoms with Crippen LogP contribution < -0.4 is 14.4 Å². The molecule has 1 fully saturated rings. The van der Waals surface area contributed by atoms with Crippen LogP contribution in [0.1, 0.15) is 19.4 Å². The van der Waals surface area contributed by atoms with Crippen molar-refractivity contribution in [3.63, 3.8) is 0 Å². The van der Waals surface area contributed by atoms with Crippen LogP contribution in [0.15, 0.2) is 48.5 Å². The predicted octanol–water partition coefficient (Wildman–Crippen LogP) is 3.46. The summed E-state index contributed by atoms with van der Waals surface area (Å²) in [6, 6.07) is 14.7. The lowest BCUT2D eigenvalue weighted by Gasteiger charge is -2.15. The highest BCUT2D eigenvalue weighted by atomic mass is 16.5. The number of carbonyl (C=O) groups excluding carboxylic acids is 2. The molecule has 3 rings (SSSR count). The maximum atomic E-state index is 12.9. The molecule has 5 nitrogen and oxygen atoms in total. The van der Waals surface area contributed by atoms with Gasteiger partial charge in [0.2, 0.25) is 11.8 Å². The van der Waals surface area contributed by atoms with Gasteiger partial charge in [0, 0.05) is 5.92 Å². The Morgan fingerprint density at radius 3 is 2.12 bits per heavy atom. The average Bonchev–Trinajstić information content (AvgIpc) is 2.87. The molecule has 1 saturated heterocycles. The second kappa shape index (κ2) is 7.60. The van der Waals surface area contributed by atoms with Crippen LogP contribution in [0.5, 0.6) is 11.5 Å². The normalized spacial score (nSPS) is 19.7. The third-order valence-corrected chi connectivity index (χ3v) is 4.77. The molecule has 0 radical (unpaired) electrons. The number of hydrogen-bond acceptors (Lipinski definition) is 4. The summed E-state index contributed by atoms with van der Waals surface area (Å²) in [6.45, 7) is 4.30. The van der Waals surface area contributed by atoms with Gasteiger partial charge in [0.25, 0.3) is 0 Å². The zero-order valence-corrected chi connectivity index (χ0v) is 15.3. The van der Waals surface area contributed by atoms with Gasteiger partial charge in [-0.15, -0.1) is 0 Å². The fraction of sp³-hybridized carbons (Fsp3) is 0.333. The van der Waals surface area contributed by atoms with Crippen molar-refractivity contribution in [1.29, 1.82) is 0 Å². The number of anilines is 1. The third kappa shape index (κ3) is 3.43. The van der Waals surface area contributed by atoms with E-state index in [4.69, 9.17) is 9.47 Å². The second-order valence-electron chi connectivity index (χ2n) is 6.39. The molecule has 2 unspecified atom stereocenters. The minimum Gasteiger partial charge on any atom is -0.497 e. The second-order valence-corrected chi connectivity index (χ2v) is 6.39. The third-order valence-electron chi connectivity index (χ3n) is 4.77. The Hall–Kier alpha value is -2.82. The molecule has 2 amide bonds. The number of amides is 2. The van der Waals surface area contributed by atoms with Gasteiger partial charge in [-0.05, 0) is 55.3 Å². The molecular weight excluding hydrogens is 330 g/mol. The fourth-order valence-corrected chi connectivity index (χ4v) is 3.26. The van der Waals surface area contributed by atoms with Crippen LogP contribution in [0.2, 0.25) is 0 Å². The van der Waals surface area contributed by atoms with Gasteiger partial charge in [-0.25, -0.2) is 0 Å². The molecule has 2 atom stereocenters. The molecular formula is C21H23NO4. The highest BCUT2D eigenvalue weighted by Crippen LogP contribution is 2.33. The number of methoxy groups -OCH3 is 1. The van der Waals surface area contributed by atoms with Crippen molar-refractivity contribution in [2.75, 3.05) is 18.6 Å². The monoisotopic (exact) mass is 353 g/mol. The summed E-state index contributed by atoms with van der Waals surface area (Å²) in [5, 5.41) is 0. The van der Waals surface area contributed by atoms with Crippen molar-refractivity contribution >= 4 is 17.5 Å². The molecule has 136 valence electrons. The van der Waals surface area contributed by atoms with Crippen molar-refractivity contribution in [2.45, 2.75) is 20.3 Å². The van der Waals surface area contributed by atoms with Crippen molar-refractivity contribution in [2.24, 2.45) is 11.8 Å².